The summed E-state index contributed by atoms with van der Waals surface area (Å²) in [5, 5.41) is 0. The van der Waals surface area contributed by atoms with Crippen molar-refractivity contribution in [1.29, 1.82) is 0 Å². The van der Waals surface area contributed by atoms with Gasteiger partial charge in [-0.25, -0.2) is 4.98 Å². The van der Waals surface area contributed by atoms with Crippen molar-refractivity contribution in [1.82, 2.24) is 4.90 Å². The minimum atomic E-state index is 0.0422. The molecule has 6 heteroatoms. The van der Waals surface area contributed by atoms with Crippen LogP contribution in [0.25, 0.3) is 0 Å². The molecule has 5 nitrogen and oxygen atoms in total. The minimum absolute atomic E-state index is 0.0422. The number of rotatable bonds is 4. The van der Waals surface area contributed by atoms with Gasteiger partial charge in [-0.1, -0.05) is 0 Å². The molecule has 0 saturated carbocycles. The van der Waals surface area contributed by atoms with Gasteiger partial charge in [0.2, 0.25) is 0 Å². The van der Waals surface area contributed by atoms with Crippen molar-refractivity contribution in [2.75, 3.05) is 44.4 Å². The number of aromatic amines is 1. The summed E-state index contributed by atoms with van der Waals surface area (Å²) in [6, 6.07) is 9.88. The van der Waals surface area contributed by atoms with E-state index in [4.69, 9.17) is 4.74 Å². The first-order valence-electron chi connectivity index (χ1n) is 7.95. The Bertz CT molecular complexity index is 701. The number of benzene rings is 1. The van der Waals surface area contributed by atoms with Gasteiger partial charge < -0.3 is 14.5 Å². The van der Waals surface area contributed by atoms with E-state index in [2.05, 4.69) is 22.0 Å². The van der Waals surface area contributed by atoms with E-state index in [1.807, 2.05) is 41.7 Å². The maximum atomic E-state index is 12.8. The van der Waals surface area contributed by atoms with Crippen molar-refractivity contribution in [3.63, 3.8) is 0 Å². The Balaban J connectivity index is 1.69. The average molecular weight is 344 g/mol. The molecule has 1 fully saturated rings. The molecule has 1 aliphatic rings. The molecule has 24 heavy (non-hydrogen) atoms. The van der Waals surface area contributed by atoms with Crippen LogP contribution in [0, 0.1) is 0 Å². The molecule has 1 aliphatic heterocycles. The molecular weight excluding hydrogens is 322 g/mol. The largest absolute Gasteiger partial charge is 0.496 e. The van der Waals surface area contributed by atoms with E-state index in [9.17, 15) is 4.79 Å². The van der Waals surface area contributed by atoms with Crippen LogP contribution < -0.4 is 14.6 Å². The smallest absolute Gasteiger partial charge is 0.257 e. The molecule has 0 unspecified atom stereocenters. The number of anilines is 1. The van der Waals surface area contributed by atoms with Crippen molar-refractivity contribution in [3.05, 3.63) is 48.3 Å². The number of piperazine rings is 1. The molecule has 1 aromatic heterocycles. The number of H-pyrrole nitrogens is 1. The van der Waals surface area contributed by atoms with E-state index in [1.54, 1.807) is 18.9 Å². The lowest BCUT2D eigenvalue weighted by molar-refractivity contribution is -0.377. The van der Waals surface area contributed by atoms with Crippen LogP contribution in [0.4, 0.5) is 5.69 Å². The molecular formula is C18H22N3O2S+. The number of carbonyl (C=O) groups excluding carboxylic acids is 1. The Morgan fingerprint density at radius 2 is 1.83 bits per heavy atom. The monoisotopic (exact) mass is 344 g/mol. The fraction of sp³-hybridized carbons (Fsp3) is 0.333. The van der Waals surface area contributed by atoms with Gasteiger partial charge >= 0.3 is 0 Å². The predicted octanol–water partition coefficient (Wildman–Crippen LogP) is 2.19. The van der Waals surface area contributed by atoms with Crippen LogP contribution in [0.3, 0.4) is 0 Å². The molecule has 1 aromatic carbocycles. The molecule has 2 heterocycles. The first-order valence-corrected chi connectivity index (χ1v) is 9.18. The summed E-state index contributed by atoms with van der Waals surface area (Å²) in [6.45, 7) is 3.09. The zero-order valence-corrected chi connectivity index (χ0v) is 14.8. The van der Waals surface area contributed by atoms with E-state index in [0.717, 1.165) is 18.0 Å². The number of nitrogens with one attached hydrogen (secondary N) is 1. The summed E-state index contributed by atoms with van der Waals surface area (Å²) in [6.07, 6.45) is 5.85. The lowest BCUT2D eigenvalue weighted by atomic mass is 10.1. The van der Waals surface area contributed by atoms with E-state index in [1.165, 1.54) is 5.69 Å². The van der Waals surface area contributed by atoms with Crippen molar-refractivity contribution in [2.24, 2.45) is 0 Å². The summed E-state index contributed by atoms with van der Waals surface area (Å²) < 4.78 is 5.42. The highest BCUT2D eigenvalue weighted by Crippen LogP contribution is 2.27. The second kappa shape index (κ2) is 7.57. The zero-order valence-electron chi connectivity index (χ0n) is 14.0. The Morgan fingerprint density at radius 1 is 1.12 bits per heavy atom. The third-order valence-corrected chi connectivity index (χ3v) is 5.00. The third-order valence-electron chi connectivity index (χ3n) is 4.27. The van der Waals surface area contributed by atoms with Crippen LogP contribution in [-0.2, 0) is 0 Å². The molecule has 0 bridgehead atoms. The van der Waals surface area contributed by atoms with Crippen molar-refractivity contribution in [3.8, 4) is 5.75 Å². The number of hydrogen-bond acceptors (Lipinski definition) is 4. The first-order chi connectivity index (χ1) is 11.7. The van der Waals surface area contributed by atoms with Gasteiger partial charge in [0.25, 0.3) is 5.91 Å². The standard InChI is InChI=1S/C18H21N3O2S/c1-23-17-13-15(24-2)3-4-16(17)18(22)21-11-9-20(10-12-21)14-5-7-19-8-6-14/h3-8,13H,9-12H2,1-2H3/p+1. The molecule has 1 N–H and O–H groups in total. The van der Waals surface area contributed by atoms with E-state index >= 15 is 0 Å². The average Bonchev–Trinajstić information content (AvgIpc) is 2.67. The Kier molecular flexibility index (Phi) is 5.25. The molecule has 1 amide bonds. The van der Waals surface area contributed by atoms with E-state index < -0.39 is 0 Å². The fourth-order valence-corrected chi connectivity index (χ4v) is 3.33. The SMILES string of the molecule is COc1cc(SC)ccc1C(=O)N1CCN(c2cc[nH+]cc2)CC1. The van der Waals surface area contributed by atoms with Gasteiger partial charge in [-0.3, -0.25) is 4.79 Å². The van der Waals surface area contributed by atoms with Crippen molar-refractivity contribution >= 4 is 23.4 Å². The van der Waals surface area contributed by atoms with Crippen molar-refractivity contribution in [2.45, 2.75) is 4.90 Å². The highest BCUT2D eigenvalue weighted by atomic mass is 32.2. The van der Waals surface area contributed by atoms with Crippen LogP contribution in [0.2, 0.25) is 0 Å². The molecule has 0 atom stereocenters. The molecule has 0 spiro atoms. The molecule has 3 rings (SSSR count). The van der Waals surface area contributed by atoms with Crippen LogP contribution in [0.1, 0.15) is 10.4 Å². The van der Waals surface area contributed by atoms with Crippen LogP contribution in [-0.4, -0.2) is 50.4 Å². The lowest BCUT2D eigenvalue weighted by Gasteiger charge is -2.36. The quantitative estimate of drug-likeness (QED) is 0.798. The van der Waals surface area contributed by atoms with E-state index in [0.29, 0.717) is 24.4 Å². The Morgan fingerprint density at radius 3 is 2.46 bits per heavy atom. The number of methoxy groups -OCH3 is 1. The van der Waals surface area contributed by atoms with Crippen LogP contribution in [0.5, 0.6) is 5.75 Å². The number of carbonyl (C=O) groups is 1. The maximum Gasteiger partial charge on any atom is 0.257 e. The minimum Gasteiger partial charge on any atom is -0.496 e. The predicted molar refractivity (Wildman–Crippen MR) is 95.9 cm³/mol. The van der Waals surface area contributed by atoms with Gasteiger partial charge in [0.05, 0.1) is 12.7 Å². The fourth-order valence-electron chi connectivity index (χ4n) is 2.90. The normalized spacial score (nSPS) is 14.6. The number of pyridine rings is 1. The molecule has 0 radical (unpaired) electrons. The van der Waals surface area contributed by atoms with Gasteiger partial charge in [-0.2, -0.15) is 0 Å². The number of thioether (sulfide) groups is 1. The molecule has 1 saturated heterocycles. The summed E-state index contributed by atoms with van der Waals surface area (Å²) in [4.78, 5) is 21.2. The Hall–Kier alpha value is -2.21. The summed E-state index contributed by atoms with van der Waals surface area (Å²) in [7, 11) is 1.61. The second-order valence-corrected chi connectivity index (χ2v) is 6.48. The molecule has 126 valence electrons. The van der Waals surface area contributed by atoms with Gasteiger partial charge in [0.15, 0.2) is 12.4 Å². The second-order valence-electron chi connectivity index (χ2n) is 5.60. The number of ether oxygens (including phenoxy) is 1. The van der Waals surface area contributed by atoms with Gasteiger partial charge in [-0.05, 0) is 24.5 Å². The third kappa shape index (κ3) is 3.48. The maximum absolute atomic E-state index is 12.8. The molecule has 0 aliphatic carbocycles. The number of aromatic nitrogens is 1. The van der Waals surface area contributed by atoms with Crippen LogP contribution in [0.15, 0.2) is 47.6 Å². The van der Waals surface area contributed by atoms with Crippen molar-refractivity contribution < 1.29 is 14.5 Å². The summed E-state index contributed by atoms with van der Waals surface area (Å²) >= 11 is 1.64. The molecule has 2 aromatic rings. The zero-order chi connectivity index (χ0) is 16.9. The van der Waals surface area contributed by atoms with Crippen LogP contribution >= 0.6 is 11.8 Å². The lowest BCUT2D eigenvalue weighted by Crippen LogP contribution is -2.48. The summed E-state index contributed by atoms with van der Waals surface area (Å²) in [5.74, 6) is 0.688. The topological polar surface area (TPSA) is 46.9 Å². The highest BCUT2D eigenvalue weighted by Gasteiger charge is 2.24. The Labute approximate surface area is 146 Å². The van der Waals surface area contributed by atoms with E-state index in [-0.39, 0.29) is 5.91 Å². The first kappa shape index (κ1) is 16.6. The summed E-state index contributed by atoms with van der Waals surface area (Å²) in [5.41, 5.74) is 1.82. The van der Waals surface area contributed by atoms with Gasteiger partial charge in [-0.15, -0.1) is 11.8 Å². The number of nitrogens with zero attached hydrogens (tertiary/aromatic N) is 2. The highest BCUT2D eigenvalue weighted by molar-refractivity contribution is 7.98. The van der Waals surface area contributed by atoms with Gasteiger partial charge in [0.1, 0.15) is 5.75 Å². The number of amides is 1. The van der Waals surface area contributed by atoms with Gasteiger partial charge in [0, 0.05) is 48.9 Å². The number of hydrogen-bond donors (Lipinski definition) is 0.